The van der Waals surface area contributed by atoms with Gasteiger partial charge < -0.3 is 11.1 Å². The zero-order chi connectivity index (χ0) is 15.0. The lowest BCUT2D eigenvalue weighted by Gasteiger charge is -2.36. The predicted octanol–water partition coefficient (Wildman–Crippen LogP) is 2.36. The third kappa shape index (κ3) is 3.33. The normalized spacial score (nSPS) is 23.4. The van der Waals surface area contributed by atoms with Gasteiger partial charge in [-0.1, -0.05) is 25.7 Å². The molecule has 0 bridgehead atoms. The molecule has 2 fully saturated rings. The monoisotopic (exact) mass is 280 g/mol. The first kappa shape index (κ1) is 15.3. The van der Waals surface area contributed by atoms with Crippen LogP contribution in [0.3, 0.4) is 0 Å². The Hall–Kier alpha value is -1.06. The van der Waals surface area contributed by atoms with Crippen LogP contribution in [0.2, 0.25) is 0 Å². The average Bonchev–Trinajstić information content (AvgIpc) is 2.98. The van der Waals surface area contributed by atoms with E-state index in [9.17, 15) is 9.59 Å². The van der Waals surface area contributed by atoms with E-state index in [1.807, 2.05) is 20.8 Å². The van der Waals surface area contributed by atoms with E-state index >= 15 is 0 Å². The first-order valence-electron chi connectivity index (χ1n) is 7.86. The Morgan fingerprint density at radius 1 is 1.25 bits per heavy atom. The van der Waals surface area contributed by atoms with Gasteiger partial charge in [-0.25, -0.2) is 0 Å². The Morgan fingerprint density at radius 2 is 1.80 bits per heavy atom. The summed E-state index contributed by atoms with van der Waals surface area (Å²) in [6.45, 7) is 5.93. The molecule has 0 heterocycles. The summed E-state index contributed by atoms with van der Waals surface area (Å²) in [5, 5.41) is 3.06. The number of nitrogens with one attached hydrogen (secondary N) is 1. The maximum atomic E-state index is 12.7. The van der Waals surface area contributed by atoms with Gasteiger partial charge in [-0.05, 0) is 46.0 Å². The number of primary amides is 1. The van der Waals surface area contributed by atoms with Gasteiger partial charge in [-0.2, -0.15) is 0 Å². The molecule has 0 spiro atoms. The Kier molecular flexibility index (Phi) is 4.12. The van der Waals surface area contributed by atoms with Crippen LogP contribution in [0, 0.1) is 17.3 Å². The molecule has 2 saturated carbocycles. The van der Waals surface area contributed by atoms with Crippen molar-refractivity contribution >= 4 is 11.8 Å². The van der Waals surface area contributed by atoms with Crippen LogP contribution in [-0.4, -0.2) is 17.4 Å². The minimum Gasteiger partial charge on any atom is -0.369 e. The molecule has 2 amide bonds. The highest BCUT2D eigenvalue weighted by Gasteiger charge is 2.51. The van der Waals surface area contributed by atoms with E-state index in [-0.39, 0.29) is 23.3 Å². The highest BCUT2D eigenvalue weighted by Crippen LogP contribution is 2.49. The number of rotatable bonds is 5. The fourth-order valence-corrected chi connectivity index (χ4v) is 3.50. The van der Waals surface area contributed by atoms with Crippen molar-refractivity contribution in [3.8, 4) is 0 Å². The summed E-state index contributed by atoms with van der Waals surface area (Å²) in [4.78, 5) is 24.8. The molecule has 1 atom stereocenters. The molecule has 0 radical (unpaired) electrons. The number of carbonyl (C=O) groups excluding carboxylic acids is 2. The van der Waals surface area contributed by atoms with Crippen LogP contribution < -0.4 is 11.1 Å². The second-order valence-electron chi connectivity index (χ2n) is 7.70. The van der Waals surface area contributed by atoms with Gasteiger partial charge in [0.05, 0.1) is 11.3 Å². The summed E-state index contributed by atoms with van der Waals surface area (Å²) in [6, 6.07) is 0. The first-order chi connectivity index (χ1) is 9.24. The third-order valence-electron chi connectivity index (χ3n) is 4.73. The summed E-state index contributed by atoms with van der Waals surface area (Å²) < 4.78 is 0. The molecule has 0 aromatic carbocycles. The van der Waals surface area contributed by atoms with Crippen LogP contribution in [0.1, 0.15) is 65.7 Å². The molecular formula is C16H28N2O2. The molecule has 114 valence electrons. The Bertz CT molecular complexity index is 388. The maximum Gasteiger partial charge on any atom is 0.224 e. The summed E-state index contributed by atoms with van der Waals surface area (Å²) in [5.74, 6) is 0.117. The molecule has 2 aliphatic carbocycles. The molecule has 0 aromatic heterocycles. The smallest absolute Gasteiger partial charge is 0.224 e. The van der Waals surface area contributed by atoms with Gasteiger partial charge in [0.2, 0.25) is 11.8 Å². The van der Waals surface area contributed by atoms with E-state index in [0.717, 1.165) is 32.1 Å². The first-order valence-corrected chi connectivity index (χ1v) is 7.86. The lowest BCUT2D eigenvalue weighted by atomic mass is 9.70. The van der Waals surface area contributed by atoms with E-state index in [2.05, 4.69) is 5.32 Å². The standard InChI is InChI=1S/C16H28N2O2/c1-15(2,3)18-13(19)12(10-11-6-7-11)16(14(17)20)8-4-5-9-16/h11-12H,4-10H2,1-3H3,(H2,17,20)(H,18,19)/t12-/m0/s1. The summed E-state index contributed by atoms with van der Waals surface area (Å²) in [6.07, 6.45) is 6.77. The minimum atomic E-state index is -0.599. The summed E-state index contributed by atoms with van der Waals surface area (Å²) >= 11 is 0. The SMILES string of the molecule is CC(C)(C)NC(=O)[C@H](CC1CC1)C1(C(N)=O)CCCC1. The zero-order valence-electron chi connectivity index (χ0n) is 13.0. The maximum absolute atomic E-state index is 12.7. The van der Waals surface area contributed by atoms with Crippen LogP contribution in [-0.2, 0) is 9.59 Å². The molecule has 20 heavy (non-hydrogen) atoms. The third-order valence-corrected chi connectivity index (χ3v) is 4.73. The van der Waals surface area contributed by atoms with Crippen molar-refractivity contribution in [1.29, 1.82) is 0 Å². The second-order valence-corrected chi connectivity index (χ2v) is 7.70. The van der Waals surface area contributed by atoms with Crippen molar-refractivity contribution in [3.05, 3.63) is 0 Å². The average molecular weight is 280 g/mol. The van der Waals surface area contributed by atoms with Crippen molar-refractivity contribution in [1.82, 2.24) is 5.32 Å². The highest BCUT2D eigenvalue weighted by molar-refractivity contribution is 5.90. The lowest BCUT2D eigenvalue weighted by Crippen LogP contribution is -2.52. The van der Waals surface area contributed by atoms with Crippen LogP contribution in [0.25, 0.3) is 0 Å². The van der Waals surface area contributed by atoms with Crippen molar-refractivity contribution in [2.75, 3.05) is 0 Å². The van der Waals surface area contributed by atoms with Gasteiger partial charge in [-0.15, -0.1) is 0 Å². The largest absolute Gasteiger partial charge is 0.369 e. The van der Waals surface area contributed by atoms with Gasteiger partial charge in [-0.3, -0.25) is 9.59 Å². The van der Waals surface area contributed by atoms with E-state index in [1.54, 1.807) is 0 Å². The van der Waals surface area contributed by atoms with Gasteiger partial charge >= 0.3 is 0 Å². The van der Waals surface area contributed by atoms with Crippen LogP contribution >= 0.6 is 0 Å². The predicted molar refractivity (Wildman–Crippen MR) is 78.8 cm³/mol. The number of hydrogen-bond donors (Lipinski definition) is 2. The molecule has 3 N–H and O–H groups in total. The molecule has 2 aliphatic rings. The quantitative estimate of drug-likeness (QED) is 0.811. The van der Waals surface area contributed by atoms with Gasteiger partial charge in [0, 0.05) is 5.54 Å². The summed E-state index contributed by atoms with van der Waals surface area (Å²) in [5.41, 5.74) is 4.85. The van der Waals surface area contributed by atoms with Crippen LogP contribution in [0.15, 0.2) is 0 Å². The summed E-state index contributed by atoms with van der Waals surface area (Å²) in [7, 11) is 0. The van der Waals surface area contributed by atoms with Crippen LogP contribution in [0.5, 0.6) is 0 Å². The van der Waals surface area contributed by atoms with E-state index in [4.69, 9.17) is 5.73 Å². The second kappa shape index (κ2) is 5.38. The van der Waals surface area contributed by atoms with Crippen molar-refractivity contribution in [2.24, 2.45) is 23.0 Å². The van der Waals surface area contributed by atoms with Gasteiger partial charge in [0.1, 0.15) is 0 Å². The molecule has 0 saturated heterocycles. The highest BCUT2D eigenvalue weighted by atomic mass is 16.2. The molecule has 4 heteroatoms. The molecule has 0 unspecified atom stereocenters. The van der Waals surface area contributed by atoms with E-state index < -0.39 is 5.41 Å². The van der Waals surface area contributed by atoms with E-state index in [1.165, 1.54) is 12.8 Å². The lowest BCUT2D eigenvalue weighted by molar-refractivity contribution is -0.141. The molecule has 0 aliphatic heterocycles. The van der Waals surface area contributed by atoms with Gasteiger partial charge in [0.15, 0.2) is 0 Å². The number of carbonyl (C=O) groups is 2. The Balaban J connectivity index is 2.21. The van der Waals surface area contributed by atoms with Gasteiger partial charge in [0.25, 0.3) is 0 Å². The molecule has 4 nitrogen and oxygen atoms in total. The Morgan fingerprint density at radius 3 is 2.20 bits per heavy atom. The molecule has 0 aromatic rings. The number of nitrogens with two attached hydrogens (primary N) is 1. The van der Waals surface area contributed by atoms with Crippen molar-refractivity contribution < 1.29 is 9.59 Å². The fourth-order valence-electron chi connectivity index (χ4n) is 3.50. The number of hydrogen-bond acceptors (Lipinski definition) is 2. The Labute approximate surface area is 121 Å². The zero-order valence-corrected chi connectivity index (χ0v) is 13.0. The topological polar surface area (TPSA) is 72.2 Å². The minimum absolute atomic E-state index is 0.0186. The number of amides is 2. The molecule has 2 rings (SSSR count). The molecular weight excluding hydrogens is 252 g/mol. The van der Waals surface area contributed by atoms with Crippen LogP contribution in [0.4, 0.5) is 0 Å². The fraction of sp³-hybridized carbons (Fsp3) is 0.875. The van der Waals surface area contributed by atoms with E-state index in [0.29, 0.717) is 5.92 Å². The van der Waals surface area contributed by atoms with Crippen molar-refractivity contribution in [3.63, 3.8) is 0 Å². The van der Waals surface area contributed by atoms with Crippen molar-refractivity contribution in [2.45, 2.75) is 71.3 Å².